The maximum atomic E-state index is 5.48. The van der Waals surface area contributed by atoms with E-state index in [1.807, 2.05) is 36.4 Å². The Bertz CT molecular complexity index is 1180. The summed E-state index contributed by atoms with van der Waals surface area (Å²) in [5, 5.41) is 4.25. The monoisotopic (exact) mass is 438 g/mol. The van der Waals surface area contributed by atoms with Gasteiger partial charge >= 0.3 is 0 Å². The molecule has 2 aromatic heterocycles. The van der Waals surface area contributed by atoms with E-state index in [0.29, 0.717) is 6.54 Å². The maximum Gasteiger partial charge on any atom is 0.190 e. The van der Waals surface area contributed by atoms with E-state index in [2.05, 4.69) is 33.5 Å². The van der Waals surface area contributed by atoms with Gasteiger partial charge in [-0.05, 0) is 53.4 Å². The fourth-order valence-electron chi connectivity index (χ4n) is 3.12. The first-order valence-electron chi connectivity index (χ1n) is 9.33. The molecule has 154 valence electrons. The van der Waals surface area contributed by atoms with E-state index in [1.165, 1.54) is 4.88 Å². The van der Waals surface area contributed by atoms with Crippen LogP contribution in [-0.2, 0) is 6.54 Å². The minimum Gasteiger partial charge on any atom is -0.497 e. The number of aromatic nitrogens is 1. The molecule has 0 N–H and O–H groups in total. The van der Waals surface area contributed by atoms with E-state index < -0.39 is 0 Å². The van der Waals surface area contributed by atoms with E-state index in [9.17, 15) is 0 Å². The van der Waals surface area contributed by atoms with Crippen molar-refractivity contribution in [2.75, 3.05) is 21.3 Å². The van der Waals surface area contributed by atoms with Crippen molar-refractivity contribution in [3.05, 3.63) is 75.7 Å². The second-order valence-corrected chi connectivity index (χ2v) is 8.25. The number of thiophene rings is 1. The van der Waals surface area contributed by atoms with Gasteiger partial charge in [-0.3, -0.25) is 0 Å². The molecule has 2 aromatic carbocycles. The number of methoxy groups -OCH3 is 3. The first kappa shape index (κ1) is 20.3. The van der Waals surface area contributed by atoms with Crippen molar-refractivity contribution < 1.29 is 14.2 Å². The Hall–Kier alpha value is -3.03. The Morgan fingerprint density at radius 3 is 2.33 bits per heavy atom. The maximum absolute atomic E-state index is 5.48. The van der Waals surface area contributed by atoms with Gasteiger partial charge < -0.3 is 18.8 Å². The molecule has 0 saturated heterocycles. The van der Waals surface area contributed by atoms with E-state index in [1.54, 1.807) is 44.0 Å². The zero-order chi connectivity index (χ0) is 20.9. The van der Waals surface area contributed by atoms with Crippen LogP contribution in [0.25, 0.3) is 10.6 Å². The predicted molar refractivity (Wildman–Crippen MR) is 122 cm³/mol. The van der Waals surface area contributed by atoms with Crippen LogP contribution in [0.4, 0.5) is 5.69 Å². The highest BCUT2D eigenvalue weighted by Crippen LogP contribution is 2.30. The summed E-state index contributed by atoms with van der Waals surface area (Å²) in [4.78, 5) is 7.03. The Balaban J connectivity index is 1.78. The predicted octanol–water partition coefficient (Wildman–Crippen LogP) is 5.58. The van der Waals surface area contributed by atoms with Gasteiger partial charge in [0.2, 0.25) is 0 Å². The smallest absolute Gasteiger partial charge is 0.190 e. The van der Waals surface area contributed by atoms with Gasteiger partial charge in [0.05, 0.1) is 44.1 Å². The molecule has 2 heterocycles. The lowest BCUT2D eigenvalue weighted by Gasteiger charge is -2.12. The van der Waals surface area contributed by atoms with Crippen LogP contribution in [0.5, 0.6) is 17.2 Å². The molecule has 30 heavy (non-hydrogen) atoms. The lowest BCUT2D eigenvalue weighted by Crippen LogP contribution is -2.16. The first-order valence-corrected chi connectivity index (χ1v) is 11.1. The van der Waals surface area contributed by atoms with Crippen LogP contribution in [0.15, 0.2) is 70.3 Å². The van der Waals surface area contributed by atoms with Crippen LogP contribution in [-0.4, -0.2) is 25.9 Å². The van der Waals surface area contributed by atoms with Crippen molar-refractivity contribution in [1.29, 1.82) is 0 Å². The molecule has 0 amide bonds. The highest BCUT2D eigenvalue weighted by Gasteiger charge is 2.12. The minimum absolute atomic E-state index is 0.673. The number of thiazole rings is 1. The number of hydrogen-bond donors (Lipinski definition) is 0. The molecule has 0 unspecified atom stereocenters. The van der Waals surface area contributed by atoms with E-state index in [4.69, 9.17) is 19.2 Å². The summed E-state index contributed by atoms with van der Waals surface area (Å²) < 4.78 is 18.3. The van der Waals surface area contributed by atoms with Gasteiger partial charge in [0.1, 0.15) is 5.75 Å². The summed E-state index contributed by atoms with van der Waals surface area (Å²) in [6.07, 6.45) is 0. The van der Waals surface area contributed by atoms with Gasteiger partial charge in [0.25, 0.3) is 0 Å². The minimum atomic E-state index is 0.673. The highest BCUT2D eigenvalue weighted by molar-refractivity contribution is 7.14. The summed E-state index contributed by atoms with van der Waals surface area (Å²) in [6, 6.07) is 18.0. The number of rotatable bonds is 7. The van der Waals surface area contributed by atoms with Crippen LogP contribution in [0, 0.1) is 0 Å². The summed E-state index contributed by atoms with van der Waals surface area (Å²) in [6.45, 7) is 0.673. The molecule has 0 radical (unpaired) electrons. The van der Waals surface area contributed by atoms with Crippen LogP contribution in [0.1, 0.15) is 5.56 Å². The third kappa shape index (κ3) is 4.27. The molecule has 0 spiro atoms. The molecular formula is C23H22N2O3S2. The number of nitrogens with zero attached hydrogens (tertiary/aromatic N) is 2. The van der Waals surface area contributed by atoms with Crippen molar-refractivity contribution in [1.82, 2.24) is 4.57 Å². The fourth-order valence-corrected chi connectivity index (χ4v) is 4.87. The molecule has 0 aliphatic rings. The molecule has 0 aliphatic heterocycles. The van der Waals surface area contributed by atoms with Crippen molar-refractivity contribution in [3.63, 3.8) is 0 Å². The van der Waals surface area contributed by atoms with Crippen molar-refractivity contribution in [2.45, 2.75) is 6.54 Å². The van der Waals surface area contributed by atoms with Gasteiger partial charge in [-0.2, -0.15) is 0 Å². The molecular weight excluding hydrogens is 416 g/mol. The quantitative estimate of drug-likeness (QED) is 0.378. The summed E-state index contributed by atoms with van der Waals surface area (Å²) in [7, 11) is 4.96. The molecule has 4 rings (SSSR count). The molecule has 0 bridgehead atoms. The first-order chi connectivity index (χ1) is 14.7. The zero-order valence-corrected chi connectivity index (χ0v) is 18.6. The van der Waals surface area contributed by atoms with E-state index in [0.717, 1.165) is 39.0 Å². The zero-order valence-electron chi connectivity index (χ0n) is 17.0. The standard InChI is InChI=1S/C23H22N2O3S2/c1-26-18-9-7-17(8-10-18)24-23-25(19(15-30-23)22-5-4-12-29-22)14-16-6-11-20(27-2)21(13-16)28-3/h4-13,15H,14H2,1-3H3. The summed E-state index contributed by atoms with van der Waals surface area (Å²) >= 11 is 3.35. The lowest BCUT2D eigenvalue weighted by molar-refractivity contribution is 0.354. The van der Waals surface area contributed by atoms with Crippen molar-refractivity contribution in [2.24, 2.45) is 4.99 Å². The van der Waals surface area contributed by atoms with Crippen LogP contribution >= 0.6 is 22.7 Å². The molecule has 0 aliphatic carbocycles. The number of ether oxygens (including phenoxy) is 3. The second-order valence-electron chi connectivity index (χ2n) is 6.47. The average molecular weight is 439 g/mol. The van der Waals surface area contributed by atoms with Crippen molar-refractivity contribution >= 4 is 28.4 Å². The van der Waals surface area contributed by atoms with Crippen LogP contribution in [0.2, 0.25) is 0 Å². The normalized spacial score (nSPS) is 11.5. The third-order valence-electron chi connectivity index (χ3n) is 4.66. The molecule has 4 aromatic rings. The Morgan fingerprint density at radius 2 is 1.67 bits per heavy atom. The highest BCUT2D eigenvalue weighted by atomic mass is 32.1. The topological polar surface area (TPSA) is 45.0 Å². The van der Waals surface area contributed by atoms with Gasteiger partial charge in [0, 0.05) is 5.38 Å². The second kappa shape index (κ2) is 9.19. The van der Waals surface area contributed by atoms with Gasteiger partial charge in [-0.1, -0.05) is 12.1 Å². The molecule has 0 saturated carbocycles. The SMILES string of the molecule is COc1ccc(N=c2scc(-c3cccs3)n2Cc2ccc(OC)c(OC)c2)cc1. The van der Waals surface area contributed by atoms with E-state index >= 15 is 0 Å². The summed E-state index contributed by atoms with van der Waals surface area (Å²) in [5.74, 6) is 2.26. The summed E-state index contributed by atoms with van der Waals surface area (Å²) in [5.41, 5.74) is 3.15. The van der Waals surface area contributed by atoms with Gasteiger partial charge in [0.15, 0.2) is 16.3 Å². The Labute approximate surface area is 183 Å². The lowest BCUT2D eigenvalue weighted by atomic mass is 10.2. The molecule has 0 atom stereocenters. The molecule has 0 fully saturated rings. The van der Waals surface area contributed by atoms with Crippen molar-refractivity contribution in [3.8, 4) is 27.8 Å². The Morgan fingerprint density at radius 1 is 0.867 bits per heavy atom. The van der Waals surface area contributed by atoms with Gasteiger partial charge in [-0.25, -0.2) is 4.99 Å². The number of hydrogen-bond acceptors (Lipinski definition) is 6. The third-order valence-corrected chi connectivity index (χ3v) is 6.41. The van der Waals surface area contributed by atoms with Gasteiger partial charge in [-0.15, -0.1) is 22.7 Å². The largest absolute Gasteiger partial charge is 0.497 e. The average Bonchev–Trinajstić information content (AvgIpc) is 3.45. The Kier molecular flexibility index (Phi) is 6.21. The van der Waals surface area contributed by atoms with E-state index in [-0.39, 0.29) is 0 Å². The number of benzene rings is 2. The molecule has 5 nitrogen and oxygen atoms in total. The molecule has 7 heteroatoms. The fraction of sp³-hybridized carbons (Fsp3) is 0.174. The van der Waals surface area contributed by atoms with Crippen LogP contribution in [0.3, 0.4) is 0 Å². The van der Waals surface area contributed by atoms with Crippen LogP contribution < -0.4 is 19.0 Å².